The van der Waals surface area contributed by atoms with E-state index in [1.165, 1.54) is 0 Å². The SMILES string of the molecule is CC(C)[C@@H](N)c1nc(C2CCCO2)no1. The molecule has 1 aliphatic rings. The minimum Gasteiger partial charge on any atom is -0.370 e. The van der Waals surface area contributed by atoms with E-state index in [1.807, 2.05) is 13.8 Å². The standard InChI is InChI=1S/C10H17N3O2/c1-6(2)8(11)10-12-9(13-15-10)7-4-3-5-14-7/h6-8H,3-5,11H2,1-2H3/t7?,8-/m1/s1. The summed E-state index contributed by atoms with van der Waals surface area (Å²) in [4.78, 5) is 4.29. The summed E-state index contributed by atoms with van der Waals surface area (Å²) in [6.07, 6.45) is 2.03. The molecule has 2 rings (SSSR count). The van der Waals surface area contributed by atoms with Crippen molar-refractivity contribution in [3.63, 3.8) is 0 Å². The number of ether oxygens (including phenoxy) is 1. The van der Waals surface area contributed by atoms with Crippen molar-refractivity contribution in [2.24, 2.45) is 11.7 Å². The summed E-state index contributed by atoms with van der Waals surface area (Å²) >= 11 is 0. The van der Waals surface area contributed by atoms with Gasteiger partial charge in [-0.3, -0.25) is 0 Å². The molecule has 2 N–H and O–H groups in total. The Morgan fingerprint density at radius 3 is 2.87 bits per heavy atom. The van der Waals surface area contributed by atoms with Crippen LogP contribution in [0.25, 0.3) is 0 Å². The highest BCUT2D eigenvalue weighted by atomic mass is 16.5. The molecule has 84 valence electrons. The Balaban J connectivity index is 2.09. The Morgan fingerprint density at radius 2 is 2.27 bits per heavy atom. The molecule has 0 bridgehead atoms. The predicted molar refractivity (Wildman–Crippen MR) is 54.0 cm³/mol. The maximum atomic E-state index is 5.91. The van der Waals surface area contributed by atoms with Crippen LogP contribution in [-0.4, -0.2) is 16.7 Å². The van der Waals surface area contributed by atoms with Gasteiger partial charge in [-0.1, -0.05) is 19.0 Å². The largest absolute Gasteiger partial charge is 0.370 e. The zero-order valence-electron chi connectivity index (χ0n) is 9.14. The smallest absolute Gasteiger partial charge is 0.243 e. The summed E-state index contributed by atoms with van der Waals surface area (Å²) in [5, 5.41) is 3.91. The van der Waals surface area contributed by atoms with Gasteiger partial charge in [-0.15, -0.1) is 0 Å². The summed E-state index contributed by atoms with van der Waals surface area (Å²) in [5.41, 5.74) is 5.91. The molecular formula is C10H17N3O2. The lowest BCUT2D eigenvalue weighted by Gasteiger charge is -2.09. The Bertz CT molecular complexity index is 302. The molecule has 0 aliphatic carbocycles. The molecule has 0 radical (unpaired) electrons. The molecule has 1 aromatic rings. The number of nitrogens with two attached hydrogens (primary N) is 1. The van der Waals surface area contributed by atoms with Gasteiger partial charge in [0, 0.05) is 6.61 Å². The number of rotatable bonds is 3. The molecule has 1 saturated heterocycles. The molecule has 0 spiro atoms. The van der Waals surface area contributed by atoms with Crippen molar-refractivity contribution in [3.8, 4) is 0 Å². The fraction of sp³-hybridized carbons (Fsp3) is 0.800. The van der Waals surface area contributed by atoms with Crippen LogP contribution < -0.4 is 5.73 Å². The quantitative estimate of drug-likeness (QED) is 0.821. The monoisotopic (exact) mass is 211 g/mol. The minimum atomic E-state index is -0.187. The van der Waals surface area contributed by atoms with Gasteiger partial charge < -0.3 is 15.0 Å². The highest BCUT2D eigenvalue weighted by molar-refractivity contribution is 4.97. The van der Waals surface area contributed by atoms with Gasteiger partial charge in [0.15, 0.2) is 0 Å². The Hall–Kier alpha value is -0.940. The van der Waals surface area contributed by atoms with Gasteiger partial charge in [0.1, 0.15) is 6.10 Å². The molecule has 1 aliphatic heterocycles. The molecule has 2 atom stereocenters. The summed E-state index contributed by atoms with van der Waals surface area (Å²) in [6.45, 7) is 4.84. The van der Waals surface area contributed by atoms with Crippen LogP contribution in [0, 0.1) is 5.92 Å². The van der Waals surface area contributed by atoms with E-state index >= 15 is 0 Å². The molecule has 0 aromatic carbocycles. The Morgan fingerprint density at radius 1 is 1.47 bits per heavy atom. The van der Waals surface area contributed by atoms with Crippen molar-refractivity contribution in [1.29, 1.82) is 0 Å². The number of nitrogens with zero attached hydrogens (tertiary/aromatic N) is 2. The molecule has 5 nitrogen and oxygen atoms in total. The molecule has 2 heterocycles. The van der Waals surface area contributed by atoms with Gasteiger partial charge >= 0.3 is 0 Å². The average molecular weight is 211 g/mol. The van der Waals surface area contributed by atoms with Crippen LogP contribution in [0.3, 0.4) is 0 Å². The Labute approximate surface area is 89.0 Å². The molecule has 15 heavy (non-hydrogen) atoms. The van der Waals surface area contributed by atoms with E-state index in [9.17, 15) is 0 Å². The molecule has 0 amide bonds. The van der Waals surface area contributed by atoms with Crippen LogP contribution >= 0.6 is 0 Å². The van der Waals surface area contributed by atoms with Crippen molar-refractivity contribution >= 4 is 0 Å². The molecule has 0 saturated carbocycles. The summed E-state index contributed by atoms with van der Waals surface area (Å²) in [5.74, 6) is 1.44. The van der Waals surface area contributed by atoms with Crippen LogP contribution in [0.2, 0.25) is 0 Å². The number of aromatic nitrogens is 2. The maximum absolute atomic E-state index is 5.91. The normalized spacial score (nSPS) is 23.6. The third-order valence-corrected chi connectivity index (χ3v) is 2.68. The fourth-order valence-electron chi connectivity index (χ4n) is 1.58. The van der Waals surface area contributed by atoms with Crippen LogP contribution in [0.4, 0.5) is 0 Å². The van der Waals surface area contributed by atoms with Gasteiger partial charge in [0.25, 0.3) is 0 Å². The topological polar surface area (TPSA) is 74.2 Å². The molecule has 5 heteroatoms. The second-order valence-electron chi connectivity index (χ2n) is 4.26. The average Bonchev–Trinajstić information content (AvgIpc) is 2.86. The van der Waals surface area contributed by atoms with Crippen LogP contribution in [0.5, 0.6) is 0 Å². The molecule has 1 aromatic heterocycles. The minimum absolute atomic E-state index is 0.00172. The lowest BCUT2D eigenvalue weighted by molar-refractivity contribution is 0.103. The lowest BCUT2D eigenvalue weighted by Crippen LogP contribution is -2.17. The van der Waals surface area contributed by atoms with Crippen molar-refractivity contribution in [1.82, 2.24) is 10.1 Å². The van der Waals surface area contributed by atoms with Gasteiger partial charge in [-0.25, -0.2) is 0 Å². The molecule has 1 fully saturated rings. The highest BCUT2D eigenvalue weighted by Gasteiger charge is 2.25. The van der Waals surface area contributed by atoms with Gasteiger partial charge in [-0.2, -0.15) is 4.98 Å². The third kappa shape index (κ3) is 2.18. The zero-order chi connectivity index (χ0) is 10.8. The summed E-state index contributed by atoms with van der Waals surface area (Å²) in [7, 11) is 0. The number of hydrogen-bond acceptors (Lipinski definition) is 5. The van der Waals surface area contributed by atoms with Crippen molar-refractivity contribution in [3.05, 3.63) is 11.7 Å². The van der Waals surface area contributed by atoms with Gasteiger partial charge in [0.05, 0.1) is 6.04 Å². The van der Waals surface area contributed by atoms with Gasteiger partial charge in [-0.05, 0) is 18.8 Å². The summed E-state index contributed by atoms with van der Waals surface area (Å²) < 4.78 is 10.6. The van der Waals surface area contributed by atoms with Crippen LogP contribution in [0.15, 0.2) is 4.52 Å². The zero-order valence-corrected chi connectivity index (χ0v) is 9.14. The van der Waals surface area contributed by atoms with Crippen molar-refractivity contribution in [2.45, 2.75) is 38.8 Å². The summed E-state index contributed by atoms with van der Waals surface area (Å²) in [6, 6.07) is -0.187. The van der Waals surface area contributed by atoms with Crippen LogP contribution in [0.1, 0.15) is 50.6 Å². The molecular weight excluding hydrogens is 194 g/mol. The number of hydrogen-bond donors (Lipinski definition) is 1. The highest BCUT2D eigenvalue weighted by Crippen LogP contribution is 2.27. The van der Waals surface area contributed by atoms with E-state index in [-0.39, 0.29) is 12.1 Å². The van der Waals surface area contributed by atoms with Crippen molar-refractivity contribution in [2.75, 3.05) is 6.61 Å². The maximum Gasteiger partial charge on any atom is 0.243 e. The van der Waals surface area contributed by atoms with E-state index in [2.05, 4.69) is 10.1 Å². The second-order valence-corrected chi connectivity index (χ2v) is 4.26. The first-order chi connectivity index (χ1) is 7.18. The first-order valence-corrected chi connectivity index (χ1v) is 5.39. The first-order valence-electron chi connectivity index (χ1n) is 5.39. The van der Waals surface area contributed by atoms with Crippen LogP contribution in [-0.2, 0) is 4.74 Å². The second kappa shape index (κ2) is 4.28. The van der Waals surface area contributed by atoms with E-state index in [1.54, 1.807) is 0 Å². The molecule has 1 unspecified atom stereocenters. The van der Waals surface area contributed by atoms with Gasteiger partial charge in [0.2, 0.25) is 11.7 Å². The lowest BCUT2D eigenvalue weighted by atomic mass is 10.1. The van der Waals surface area contributed by atoms with E-state index in [4.69, 9.17) is 15.0 Å². The van der Waals surface area contributed by atoms with Crippen molar-refractivity contribution < 1.29 is 9.26 Å². The first kappa shape index (κ1) is 10.6. The van der Waals surface area contributed by atoms with E-state index in [0.29, 0.717) is 17.6 Å². The van der Waals surface area contributed by atoms with E-state index in [0.717, 1.165) is 19.4 Å². The third-order valence-electron chi connectivity index (χ3n) is 2.68. The predicted octanol–water partition coefficient (Wildman–Crippen LogP) is 1.58. The Kier molecular flexibility index (Phi) is 3.02. The fourth-order valence-corrected chi connectivity index (χ4v) is 1.58. The van der Waals surface area contributed by atoms with E-state index < -0.39 is 0 Å².